The highest BCUT2D eigenvalue weighted by Crippen LogP contribution is 2.22. The van der Waals surface area contributed by atoms with Gasteiger partial charge in [-0.25, -0.2) is 0 Å². The van der Waals surface area contributed by atoms with E-state index in [0.29, 0.717) is 11.1 Å². The fourth-order valence-corrected chi connectivity index (χ4v) is 2.81. The van der Waals surface area contributed by atoms with Crippen LogP contribution in [0.15, 0.2) is 48.5 Å². The molecule has 5 nitrogen and oxygen atoms in total. The summed E-state index contributed by atoms with van der Waals surface area (Å²) in [6, 6.07) is 14.5. The zero-order valence-corrected chi connectivity index (χ0v) is 17.7. The van der Waals surface area contributed by atoms with Crippen molar-refractivity contribution in [2.75, 3.05) is 6.54 Å². The van der Waals surface area contributed by atoms with Crippen molar-refractivity contribution in [1.29, 1.82) is 0 Å². The predicted octanol–water partition coefficient (Wildman–Crippen LogP) is 4.09. The van der Waals surface area contributed by atoms with Crippen LogP contribution in [-0.2, 0) is 21.4 Å². The molecule has 2 rings (SSSR count). The molecule has 0 aliphatic carbocycles. The third-order valence-corrected chi connectivity index (χ3v) is 4.73. The van der Waals surface area contributed by atoms with Gasteiger partial charge in [0.2, 0.25) is 5.78 Å². The van der Waals surface area contributed by atoms with Crippen molar-refractivity contribution < 1.29 is 19.1 Å². The molecule has 0 aromatic heterocycles. The van der Waals surface area contributed by atoms with E-state index in [1.54, 1.807) is 24.3 Å². The lowest BCUT2D eigenvalue weighted by atomic mass is 9.87. The van der Waals surface area contributed by atoms with Gasteiger partial charge < -0.3 is 10.1 Å². The third-order valence-electron chi connectivity index (χ3n) is 4.73. The molecule has 0 saturated carbocycles. The van der Waals surface area contributed by atoms with E-state index in [9.17, 15) is 14.4 Å². The Bertz CT molecular complexity index is 861. The molecule has 0 saturated heterocycles. The number of hydrogen-bond donors (Lipinski definition) is 1. The number of esters is 1. The van der Waals surface area contributed by atoms with Gasteiger partial charge in [-0.15, -0.1) is 0 Å². The Morgan fingerprint density at radius 2 is 1.48 bits per heavy atom. The number of ether oxygens (including phenoxy) is 1. The Morgan fingerprint density at radius 1 is 0.931 bits per heavy atom. The smallest absolute Gasteiger partial charge is 0.326 e. The van der Waals surface area contributed by atoms with Gasteiger partial charge in [-0.3, -0.25) is 14.4 Å². The largest absolute Gasteiger partial charge is 0.453 e. The lowest BCUT2D eigenvalue weighted by Crippen LogP contribution is -2.34. The summed E-state index contributed by atoms with van der Waals surface area (Å²) in [6.45, 7) is 9.55. The van der Waals surface area contributed by atoms with E-state index in [0.717, 1.165) is 17.5 Å². The number of hydrogen-bond acceptors (Lipinski definition) is 4. The first-order chi connectivity index (χ1) is 13.6. The van der Waals surface area contributed by atoms with Gasteiger partial charge in [-0.1, -0.05) is 64.1 Å². The van der Waals surface area contributed by atoms with Crippen LogP contribution in [0.3, 0.4) is 0 Å². The van der Waals surface area contributed by atoms with Crippen molar-refractivity contribution in [3.8, 4) is 0 Å². The van der Waals surface area contributed by atoms with Gasteiger partial charge in [0.25, 0.3) is 5.91 Å². The molecule has 0 aliphatic rings. The van der Waals surface area contributed by atoms with E-state index >= 15 is 0 Å². The fraction of sp³-hybridized carbons (Fsp3) is 0.375. The molecule has 0 fully saturated rings. The summed E-state index contributed by atoms with van der Waals surface area (Å²) in [7, 11) is 0. The van der Waals surface area contributed by atoms with Gasteiger partial charge in [0, 0.05) is 11.1 Å². The monoisotopic (exact) mass is 395 g/mol. The number of amides is 1. The van der Waals surface area contributed by atoms with E-state index in [2.05, 4.69) is 26.1 Å². The van der Waals surface area contributed by atoms with Crippen molar-refractivity contribution in [1.82, 2.24) is 5.32 Å². The molecule has 1 atom stereocenters. The first-order valence-corrected chi connectivity index (χ1v) is 9.83. The first kappa shape index (κ1) is 22.3. The Kier molecular flexibility index (Phi) is 7.32. The minimum Gasteiger partial charge on any atom is -0.453 e. The molecule has 0 bridgehead atoms. The van der Waals surface area contributed by atoms with Crippen molar-refractivity contribution in [2.24, 2.45) is 0 Å². The maximum absolute atomic E-state index is 12.4. The molecule has 29 heavy (non-hydrogen) atoms. The average molecular weight is 395 g/mol. The van der Waals surface area contributed by atoms with Crippen LogP contribution >= 0.6 is 0 Å². The van der Waals surface area contributed by atoms with E-state index < -0.39 is 12.1 Å². The van der Waals surface area contributed by atoms with Crippen LogP contribution in [0.1, 0.15) is 66.5 Å². The standard InChI is InChI=1S/C24H29NO4/c1-6-17-7-9-18(10-8-17)22(27)16(2)29-21(26)15-25-23(28)19-11-13-20(14-12-19)24(3,4)5/h7-14,16H,6,15H2,1-5H3,(H,25,28)/t16-/m1/s1. The summed E-state index contributed by atoms with van der Waals surface area (Å²) in [5.41, 5.74) is 3.20. The second kappa shape index (κ2) is 9.50. The number of nitrogens with one attached hydrogen (secondary N) is 1. The van der Waals surface area contributed by atoms with Gasteiger partial charge >= 0.3 is 5.97 Å². The molecule has 0 radical (unpaired) electrons. The summed E-state index contributed by atoms with van der Waals surface area (Å²) in [4.78, 5) is 36.6. The summed E-state index contributed by atoms with van der Waals surface area (Å²) in [6.07, 6.45) is -0.0320. The molecule has 2 aromatic carbocycles. The number of aryl methyl sites for hydroxylation is 1. The van der Waals surface area contributed by atoms with Gasteiger partial charge in [0.1, 0.15) is 6.54 Å². The minimum absolute atomic E-state index is 0.00164. The van der Waals surface area contributed by atoms with Gasteiger partial charge in [0.15, 0.2) is 6.10 Å². The number of benzene rings is 2. The van der Waals surface area contributed by atoms with Crippen LogP contribution in [0.4, 0.5) is 0 Å². The van der Waals surface area contributed by atoms with Crippen LogP contribution in [0.25, 0.3) is 0 Å². The van der Waals surface area contributed by atoms with E-state index in [1.807, 2.05) is 31.2 Å². The van der Waals surface area contributed by atoms with Gasteiger partial charge in [-0.05, 0) is 42.0 Å². The number of Topliss-reactive ketones (excluding diaryl/α,β-unsaturated/α-hetero) is 1. The number of carbonyl (C=O) groups is 3. The predicted molar refractivity (Wildman–Crippen MR) is 113 cm³/mol. The number of ketones is 1. The second-order valence-corrected chi connectivity index (χ2v) is 8.06. The van der Waals surface area contributed by atoms with E-state index in [4.69, 9.17) is 4.74 Å². The molecule has 154 valence electrons. The van der Waals surface area contributed by atoms with E-state index in [-0.39, 0.29) is 23.7 Å². The second-order valence-electron chi connectivity index (χ2n) is 8.06. The molecule has 0 unspecified atom stereocenters. The van der Waals surface area contributed by atoms with Crippen molar-refractivity contribution in [3.63, 3.8) is 0 Å². The summed E-state index contributed by atoms with van der Waals surface area (Å²) in [5.74, 6) is -1.29. The highest BCUT2D eigenvalue weighted by Gasteiger charge is 2.20. The summed E-state index contributed by atoms with van der Waals surface area (Å²) >= 11 is 0. The topological polar surface area (TPSA) is 72.5 Å². The molecule has 1 N–H and O–H groups in total. The summed E-state index contributed by atoms with van der Waals surface area (Å²) in [5, 5.41) is 2.53. The maximum atomic E-state index is 12.4. The lowest BCUT2D eigenvalue weighted by Gasteiger charge is -2.19. The van der Waals surface area contributed by atoms with Crippen molar-refractivity contribution >= 4 is 17.7 Å². The van der Waals surface area contributed by atoms with Crippen LogP contribution in [0.5, 0.6) is 0 Å². The van der Waals surface area contributed by atoms with Gasteiger partial charge in [-0.2, -0.15) is 0 Å². The fourth-order valence-electron chi connectivity index (χ4n) is 2.81. The molecular weight excluding hydrogens is 366 g/mol. The quantitative estimate of drug-likeness (QED) is 0.566. The lowest BCUT2D eigenvalue weighted by molar-refractivity contribution is -0.145. The SMILES string of the molecule is CCc1ccc(C(=O)[C@@H](C)OC(=O)CNC(=O)c2ccc(C(C)(C)C)cc2)cc1. The highest BCUT2D eigenvalue weighted by molar-refractivity contribution is 6.00. The average Bonchev–Trinajstić information content (AvgIpc) is 2.71. The summed E-state index contributed by atoms with van der Waals surface area (Å²) < 4.78 is 5.17. The molecule has 0 aliphatic heterocycles. The van der Waals surface area contributed by atoms with Crippen LogP contribution in [-0.4, -0.2) is 30.3 Å². The Labute approximate surface area is 172 Å². The zero-order chi connectivity index (χ0) is 21.6. The number of carbonyl (C=O) groups excluding carboxylic acids is 3. The normalized spacial score (nSPS) is 12.2. The number of rotatable bonds is 7. The molecular formula is C24H29NO4. The van der Waals surface area contributed by atoms with Crippen molar-refractivity contribution in [2.45, 2.75) is 52.6 Å². The molecule has 5 heteroatoms. The zero-order valence-electron chi connectivity index (χ0n) is 17.7. The van der Waals surface area contributed by atoms with E-state index in [1.165, 1.54) is 6.92 Å². The third kappa shape index (κ3) is 6.28. The first-order valence-electron chi connectivity index (χ1n) is 9.83. The molecule has 2 aromatic rings. The highest BCUT2D eigenvalue weighted by atomic mass is 16.5. The van der Waals surface area contributed by atoms with Gasteiger partial charge in [0.05, 0.1) is 0 Å². The van der Waals surface area contributed by atoms with Crippen LogP contribution in [0, 0.1) is 0 Å². The minimum atomic E-state index is -0.919. The molecule has 0 spiro atoms. The molecule has 1 amide bonds. The van der Waals surface area contributed by atoms with Crippen LogP contribution in [0.2, 0.25) is 0 Å². The van der Waals surface area contributed by atoms with Crippen LogP contribution < -0.4 is 5.32 Å². The van der Waals surface area contributed by atoms with Crippen molar-refractivity contribution in [3.05, 3.63) is 70.8 Å². The Morgan fingerprint density at radius 3 is 2.00 bits per heavy atom. The Hall–Kier alpha value is -2.95. The molecule has 0 heterocycles. The Balaban J connectivity index is 1.86. The maximum Gasteiger partial charge on any atom is 0.326 e.